The molecule has 0 aliphatic carbocycles. The van der Waals surface area contributed by atoms with Crippen LogP contribution in [-0.4, -0.2) is 35.9 Å². The normalized spacial score (nSPS) is 11.6. The molecule has 1 unspecified atom stereocenters. The summed E-state index contributed by atoms with van der Waals surface area (Å²) in [6.07, 6.45) is 0. The molecule has 2 amide bonds. The van der Waals surface area contributed by atoms with Gasteiger partial charge in [-0.2, -0.15) is 0 Å². The number of carbonyl (C=O) groups excluding carboxylic acids is 2. The largest absolute Gasteiger partial charge is 0.484 e. The van der Waals surface area contributed by atoms with E-state index < -0.39 is 6.04 Å². The van der Waals surface area contributed by atoms with E-state index in [0.29, 0.717) is 18.8 Å². The number of likely N-dealkylation sites (N-methyl/N-ethyl adjacent to an activating group) is 1. The maximum absolute atomic E-state index is 12.9. The van der Waals surface area contributed by atoms with Crippen LogP contribution >= 0.6 is 0 Å². The van der Waals surface area contributed by atoms with Gasteiger partial charge in [-0.1, -0.05) is 36.4 Å². The summed E-state index contributed by atoms with van der Waals surface area (Å²) in [6.45, 7) is 8.34. The van der Waals surface area contributed by atoms with Gasteiger partial charge >= 0.3 is 0 Å². The molecule has 0 bridgehead atoms. The number of aryl methyl sites for hydroxylation is 2. The minimum absolute atomic E-state index is 0.112. The second-order valence-electron chi connectivity index (χ2n) is 6.69. The molecule has 0 fully saturated rings. The first-order chi connectivity index (χ1) is 12.9. The molecule has 0 saturated heterocycles. The maximum Gasteiger partial charge on any atom is 0.261 e. The predicted octanol–water partition coefficient (Wildman–Crippen LogP) is 3.24. The summed E-state index contributed by atoms with van der Waals surface area (Å²) in [7, 11) is 0. The van der Waals surface area contributed by atoms with Crippen molar-refractivity contribution in [1.29, 1.82) is 0 Å². The Hall–Kier alpha value is -2.82. The third-order valence-corrected chi connectivity index (χ3v) is 4.27. The molecule has 2 aromatic carbocycles. The van der Waals surface area contributed by atoms with Gasteiger partial charge in [0.15, 0.2) is 6.61 Å². The number of rotatable bonds is 8. The minimum Gasteiger partial charge on any atom is -0.484 e. The molecule has 27 heavy (non-hydrogen) atoms. The van der Waals surface area contributed by atoms with Crippen LogP contribution in [0.1, 0.15) is 30.5 Å². The number of benzene rings is 2. The van der Waals surface area contributed by atoms with E-state index >= 15 is 0 Å². The van der Waals surface area contributed by atoms with Crippen LogP contribution in [0.2, 0.25) is 0 Å². The van der Waals surface area contributed by atoms with Gasteiger partial charge < -0.3 is 15.0 Å². The van der Waals surface area contributed by atoms with Crippen LogP contribution in [0, 0.1) is 13.8 Å². The van der Waals surface area contributed by atoms with E-state index in [-0.39, 0.29) is 18.4 Å². The Kier molecular flexibility index (Phi) is 7.41. The van der Waals surface area contributed by atoms with Gasteiger partial charge in [0.05, 0.1) is 0 Å². The van der Waals surface area contributed by atoms with Gasteiger partial charge in [-0.3, -0.25) is 9.59 Å². The van der Waals surface area contributed by atoms with Crippen LogP contribution in [0.3, 0.4) is 0 Å². The molecule has 2 rings (SSSR count). The summed E-state index contributed by atoms with van der Waals surface area (Å²) in [4.78, 5) is 26.7. The van der Waals surface area contributed by atoms with Crippen molar-refractivity contribution >= 4 is 11.8 Å². The highest BCUT2D eigenvalue weighted by molar-refractivity contribution is 5.87. The Morgan fingerprint density at radius 3 is 2.30 bits per heavy atom. The molecule has 1 atom stereocenters. The average Bonchev–Trinajstić information content (AvgIpc) is 2.64. The molecule has 0 heterocycles. The first kappa shape index (κ1) is 20.5. The van der Waals surface area contributed by atoms with Crippen molar-refractivity contribution in [2.75, 3.05) is 13.2 Å². The molecule has 0 spiro atoms. The van der Waals surface area contributed by atoms with E-state index in [0.717, 1.165) is 16.7 Å². The molecule has 0 aliphatic heterocycles. The lowest BCUT2D eigenvalue weighted by Gasteiger charge is -2.28. The van der Waals surface area contributed by atoms with Gasteiger partial charge in [-0.05, 0) is 56.5 Å². The van der Waals surface area contributed by atoms with Gasteiger partial charge in [-0.25, -0.2) is 0 Å². The van der Waals surface area contributed by atoms with Gasteiger partial charge in [-0.15, -0.1) is 0 Å². The van der Waals surface area contributed by atoms with Gasteiger partial charge in [0.2, 0.25) is 5.91 Å². The van der Waals surface area contributed by atoms with Crippen molar-refractivity contribution in [1.82, 2.24) is 10.2 Å². The fraction of sp³-hybridized carbons (Fsp3) is 0.364. The number of nitrogens with zero attached hydrogens (tertiary/aromatic N) is 1. The number of ether oxygens (including phenoxy) is 1. The van der Waals surface area contributed by atoms with Crippen molar-refractivity contribution in [3.63, 3.8) is 0 Å². The fourth-order valence-electron chi connectivity index (χ4n) is 2.93. The van der Waals surface area contributed by atoms with Gasteiger partial charge in [0.1, 0.15) is 11.8 Å². The fourth-order valence-corrected chi connectivity index (χ4v) is 2.93. The lowest BCUT2D eigenvalue weighted by atomic mass is 10.1. The Bertz CT molecular complexity index is 754. The number of hydrogen-bond donors (Lipinski definition) is 1. The summed E-state index contributed by atoms with van der Waals surface area (Å²) < 4.78 is 5.72. The van der Waals surface area contributed by atoms with E-state index in [9.17, 15) is 9.59 Å². The zero-order chi connectivity index (χ0) is 19.8. The lowest BCUT2D eigenvalue weighted by Crippen LogP contribution is -2.49. The second kappa shape index (κ2) is 9.76. The SMILES string of the molecule is CCNC(=O)C(C)N(Cc1ccccc1)C(=O)COc1cc(C)cc(C)c1. The summed E-state index contributed by atoms with van der Waals surface area (Å²) in [5, 5.41) is 2.78. The minimum atomic E-state index is -0.583. The summed E-state index contributed by atoms with van der Waals surface area (Å²) in [6, 6.07) is 14.9. The summed E-state index contributed by atoms with van der Waals surface area (Å²) in [5.74, 6) is 0.260. The van der Waals surface area contributed by atoms with Crippen LogP contribution in [0.4, 0.5) is 0 Å². The highest BCUT2D eigenvalue weighted by Gasteiger charge is 2.26. The van der Waals surface area contributed by atoms with Crippen molar-refractivity contribution in [2.45, 2.75) is 40.3 Å². The number of amides is 2. The Labute approximate surface area is 161 Å². The van der Waals surface area contributed by atoms with Crippen molar-refractivity contribution in [2.24, 2.45) is 0 Å². The predicted molar refractivity (Wildman–Crippen MR) is 107 cm³/mol. The van der Waals surface area contributed by atoms with Crippen molar-refractivity contribution < 1.29 is 14.3 Å². The highest BCUT2D eigenvalue weighted by atomic mass is 16.5. The third kappa shape index (κ3) is 6.13. The monoisotopic (exact) mass is 368 g/mol. The number of nitrogens with one attached hydrogen (secondary N) is 1. The van der Waals surface area contributed by atoms with E-state index in [4.69, 9.17) is 4.74 Å². The quantitative estimate of drug-likeness (QED) is 0.778. The molecule has 0 aromatic heterocycles. The zero-order valence-corrected chi connectivity index (χ0v) is 16.5. The molecule has 1 N–H and O–H groups in total. The first-order valence-electron chi connectivity index (χ1n) is 9.23. The van der Waals surface area contributed by atoms with E-state index in [1.54, 1.807) is 11.8 Å². The van der Waals surface area contributed by atoms with Gasteiger partial charge in [0.25, 0.3) is 5.91 Å². The molecular weight excluding hydrogens is 340 g/mol. The van der Waals surface area contributed by atoms with Crippen molar-refractivity contribution in [3.05, 3.63) is 65.2 Å². The molecule has 0 radical (unpaired) electrons. The molecule has 0 aliphatic rings. The van der Waals surface area contributed by atoms with Crippen LogP contribution in [0.5, 0.6) is 5.75 Å². The smallest absolute Gasteiger partial charge is 0.261 e. The Balaban J connectivity index is 2.12. The molecule has 5 heteroatoms. The Morgan fingerprint density at radius 2 is 1.70 bits per heavy atom. The molecule has 144 valence electrons. The first-order valence-corrected chi connectivity index (χ1v) is 9.23. The van der Waals surface area contributed by atoms with Crippen LogP contribution in [0.25, 0.3) is 0 Å². The van der Waals surface area contributed by atoms with Gasteiger partial charge in [0, 0.05) is 13.1 Å². The maximum atomic E-state index is 12.9. The molecular formula is C22H28N2O3. The Morgan fingerprint density at radius 1 is 1.07 bits per heavy atom. The summed E-state index contributed by atoms with van der Waals surface area (Å²) >= 11 is 0. The summed E-state index contributed by atoms with van der Waals surface area (Å²) in [5.41, 5.74) is 3.12. The topological polar surface area (TPSA) is 58.6 Å². The lowest BCUT2D eigenvalue weighted by molar-refractivity contribution is -0.142. The molecule has 0 saturated carbocycles. The molecule has 2 aromatic rings. The van der Waals surface area contributed by atoms with E-state index in [1.165, 1.54) is 0 Å². The van der Waals surface area contributed by atoms with E-state index in [2.05, 4.69) is 5.32 Å². The zero-order valence-electron chi connectivity index (χ0n) is 16.5. The highest BCUT2D eigenvalue weighted by Crippen LogP contribution is 2.17. The second-order valence-corrected chi connectivity index (χ2v) is 6.69. The third-order valence-electron chi connectivity index (χ3n) is 4.27. The van der Waals surface area contributed by atoms with Crippen molar-refractivity contribution in [3.8, 4) is 5.75 Å². The van der Waals surface area contributed by atoms with Crippen LogP contribution < -0.4 is 10.1 Å². The van der Waals surface area contributed by atoms with E-state index in [1.807, 2.05) is 69.3 Å². The number of carbonyl (C=O) groups is 2. The average molecular weight is 368 g/mol. The standard InChI is InChI=1S/C22H28N2O3/c1-5-23-22(26)18(4)24(14-19-9-7-6-8-10-19)21(25)15-27-20-12-16(2)11-17(3)13-20/h6-13,18H,5,14-15H2,1-4H3,(H,23,26). The number of hydrogen-bond acceptors (Lipinski definition) is 3. The van der Waals surface area contributed by atoms with Crippen LogP contribution in [-0.2, 0) is 16.1 Å². The van der Waals surface area contributed by atoms with Crippen LogP contribution in [0.15, 0.2) is 48.5 Å². The molecule has 5 nitrogen and oxygen atoms in total.